The molecule has 68 valence electrons. The number of alkyl halides is 1. The lowest BCUT2D eigenvalue weighted by molar-refractivity contribution is 0.365. The second-order valence-electron chi connectivity index (χ2n) is 2.33. The van der Waals surface area contributed by atoms with Crippen molar-refractivity contribution in [3.05, 3.63) is 28.8 Å². The number of halogens is 2. The van der Waals surface area contributed by atoms with E-state index in [1.807, 2.05) is 12.1 Å². The summed E-state index contributed by atoms with van der Waals surface area (Å²) >= 11 is 9.10. The van der Waals surface area contributed by atoms with E-state index < -0.39 is 0 Å². The molecule has 0 aliphatic carbocycles. The Morgan fingerprint density at radius 3 is 2.92 bits per heavy atom. The van der Waals surface area contributed by atoms with Gasteiger partial charge in [0.1, 0.15) is 11.8 Å². The van der Waals surface area contributed by atoms with Crippen LogP contribution in [0, 0.1) is 11.3 Å². The zero-order chi connectivity index (χ0) is 9.68. The first-order valence-electron chi connectivity index (χ1n) is 3.62. The molecule has 0 atom stereocenters. The van der Waals surface area contributed by atoms with Crippen molar-refractivity contribution in [2.24, 2.45) is 0 Å². The lowest BCUT2D eigenvalue weighted by Gasteiger charge is -2.06. The highest BCUT2D eigenvalue weighted by atomic mass is 79.9. The molecule has 1 rings (SSSR count). The van der Waals surface area contributed by atoms with E-state index in [0.29, 0.717) is 16.1 Å². The van der Waals surface area contributed by atoms with Crippen molar-refractivity contribution < 1.29 is 4.74 Å². The van der Waals surface area contributed by atoms with Crippen LogP contribution in [-0.2, 0) is 5.33 Å². The Morgan fingerprint density at radius 1 is 1.54 bits per heavy atom. The summed E-state index contributed by atoms with van der Waals surface area (Å²) in [6.45, 7) is 0.0572. The third-order valence-corrected chi connectivity index (χ3v) is 2.30. The van der Waals surface area contributed by atoms with Gasteiger partial charge in [0.2, 0.25) is 0 Å². The summed E-state index contributed by atoms with van der Waals surface area (Å²) in [6.07, 6.45) is 0. The van der Waals surface area contributed by atoms with Gasteiger partial charge in [-0.1, -0.05) is 27.5 Å². The third kappa shape index (κ3) is 2.91. The average molecular weight is 261 g/mol. The number of nitrogens with zero attached hydrogens (tertiary/aromatic N) is 1. The Morgan fingerprint density at radius 2 is 2.31 bits per heavy atom. The van der Waals surface area contributed by atoms with Gasteiger partial charge in [-0.2, -0.15) is 5.26 Å². The standard InChI is InChI=1S/C9H7BrClNO/c10-6-7-5-8(11)1-2-9(7)13-4-3-12/h1-2,5H,4,6H2. The van der Waals surface area contributed by atoms with E-state index in [-0.39, 0.29) is 6.61 Å². The van der Waals surface area contributed by atoms with Gasteiger partial charge >= 0.3 is 0 Å². The van der Waals surface area contributed by atoms with E-state index in [9.17, 15) is 0 Å². The molecule has 0 spiro atoms. The normalized spacial score (nSPS) is 9.31. The molecule has 0 bridgehead atoms. The molecule has 0 amide bonds. The van der Waals surface area contributed by atoms with Crippen LogP contribution in [0.3, 0.4) is 0 Å². The van der Waals surface area contributed by atoms with Gasteiger partial charge in [-0.15, -0.1) is 0 Å². The predicted octanol–water partition coefficient (Wildman–Crippen LogP) is 3.14. The minimum absolute atomic E-state index is 0.0572. The summed E-state index contributed by atoms with van der Waals surface area (Å²) in [5.41, 5.74) is 0.947. The Labute approximate surface area is 90.2 Å². The molecule has 0 saturated heterocycles. The molecule has 0 N–H and O–H groups in total. The van der Waals surface area contributed by atoms with Gasteiger partial charge in [0, 0.05) is 15.9 Å². The molecule has 2 nitrogen and oxygen atoms in total. The fourth-order valence-corrected chi connectivity index (χ4v) is 1.54. The van der Waals surface area contributed by atoms with E-state index >= 15 is 0 Å². The molecule has 1 aromatic rings. The van der Waals surface area contributed by atoms with Gasteiger partial charge in [-0.05, 0) is 18.2 Å². The monoisotopic (exact) mass is 259 g/mol. The Balaban J connectivity index is 2.87. The lowest BCUT2D eigenvalue weighted by Crippen LogP contribution is -1.96. The molecule has 0 radical (unpaired) electrons. The van der Waals surface area contributed by atoms with Crippen molar-refractivity contribution in [3.8, 4) is 11.8 Å². The highest BCUT2D eigenvalue weighted by Crippen LogP contribution is 2.24. The molecule has 0 aliphatic rings. The number of hydrogen-bond acceptors (Lipinski definition) is 2. The van der Waals surface area contributed by atoms with Gasteiger partial charge in [-0.25, -0.2) is 0 Å². The topological polar surface area (TPSA) is 33.0 Å². The fraction of sp³-hybridized carbons (Fsp3) is 0.222. The van der Waals surface area contributed by atoms with Crippen LogP contribution in [0.25, 0.3) is 0 Å². The highest BCUT2D eigenvalue weighted by Gasteiger charge is 2.02. The quantitative estimate of drug-likeness (QED) is 0.782. The second-order valence-corrected chi connectivity index (χ2v) is 3.33. The highest BCUT2D eigenvalue weighted by molar-refractivity contribution is 9.08. The van der Waals surface area contributed by atoms with Gasteiger partial charge in [0.15, 0.2) is 6.61 Å². The predicted molar refractivity (Wildman–Crippen MR) is 55.2 cm³/mol. The molecule has 1 aromatic carbocycles. The number of ether oxygens (including phenoxy) is 1. The Hall–Kier alpha value is -0.720. The van der Waals surface area contributed by atoms with E-state index in [4.69, 9.17) is 21.6 Å². The zero-order valence-electron chi connectivity index (χ0n) is 6.76. The largest absolute Gasteiger partial charge is 0.478 e. The minimum Gasteiger partial charge on any atom is -0.478 e. The molecule has 4 heteroatoms. The van der Waals surface area contributed by atoms with Crippen LogP contribution in [0.4, 0.5) is 0 Å². The Bertz CT molecular complexity index is 335. The molecule has 13 heavy (non-hydrogen) atoms. The van der Waals surface area contributed by atoms with Crippen molar-refractivity contribution in [2.75, 3.05) is 6.61 Å². The van der Waals surface area contributed by atoms with Gasteiger partial charge < -0.3 is 4.74 Å². The van der Waals surface area contributed by atoms with Crippen LogP contribution >= 0.6 is 27.5 Å². The van der Waals surface area contributed by atoms with Crippen LogP contribution in [-0.4, -0.2) is 6.61 Å². The second kappa shape index (κ2) is 5.11. The smallest absolute Gasteiger partial charge is 0.174 e. The van der Waals surface area contributed by atoms with E-state index in [1.54, 1.807) is 12.1 Å². The van der Waals surface area contributed by atoms with Crippen molar-refractivity contribution in [2.45, 2.75) is 5.33 Å². The van der Waals surface area contributed by atoms with Crippen molar-refractivity contribution in [1.82, 2.24) is 0 Å². The van der Waals surface area contributed by atoms with Gasteiger partial charge in [0.05, 0.1) is 0 Å². The fourth-order valence-electron chi connectivity index (χ4n) is 0.903. The summed E-state index contributed by atoms with van der Waals surface area (Å²) in [5.74, 6) is 0.697. The molecule has 0 aromatic heterocycles. The summed E-state index contributed by atoms with van der Waals surface area (Å²) in [7, 11) is 0. The van der Waals surface area contributed by atoms with Crippen molar-refractivity contribution in [3.63, 3.8) is 0 Å². The maximum absolute atomic E-state index is 8.33. The van der Waals surface area contributed by atoms with Crippen LogP contribution in [0.15, 0.2) is 18.2 Å². The van der Waals surface area contributed by atoms with Crippen LogP contribution in [0.1, 0.15) is 5.56 Å². The molecule has 0 unspecified atom stereocenters. The van der Waals surface area contributed by atoms with Gasteiger partial charge in [0.25, 0.3) is 0 Å². The number of nitriles is 1. The number of rotatable bonds is 3. The summed E-state index contributed by atoms with van der Waals surface area (Å²) in [5, 5.41) is 9.66. The van der Waals surface area contributed by atoms with E-state index in [1.165, 1.54) is 0 Å². The minimum atomic E-state index is 0.0572. The summed E-state index contributed by atoms with van der Waals surface area (Å²) in [4.78, 5) is 0. The van der Waals surface area contributed by atoms with E-state index in [2.05, 4.69) is 15.9 Å². The number of hydrogen-bond donors (Lipinski definition) is 0. The molecular formula is C9H7BrClNO. The molecule has 0 fully saturated rings. The molecular weight excluding hydrogens is 253 g/mol. The SMILES string of the molecule is N#CCOc1ccc(Cl)cc1CBr. The summed E-state index contributed by atoms with van der Waals surface area (Å²) in [6, 6.07) is 7.22. The lowest BCUT2D eigenvalue weighted by atomic mass is 10.2. The average Bonchev–Trinajstić information content (AvgIpc) is 2.16. The summed E-state index contributed by atoms with van der Waals surface area (Å²) < 4.78 is 5.18. The van der Waals surface area contributed by atoms with Crippen LogP contribution in [0.5, 0.6) is 5.75 Å². The van der Waals surface area contributed by atoms with Gasteiger partial charge in [-0.3, -0.25) is 0 Å². The first-order valence-corrected chi connectivity index (χ1v) is 5.12. The van der Waals surface area contributed by atoms with Crippen LogP contribution < -0.4 is 4.74 Å². The Kier molecular flexibility index (Phi) is 4.07. The first-order chi connectivity index (χ1) is 6.27. The van der Waals surface area contributed by atoms with Crippen molar-refractivity contribution in [1.29, 1.82) is 5.26 Å². The molecule has 0 saturated carbocycles. The molecule has 0 heterocycles. The first kappa shape index (κ1) is 10.4. The maximum Gasteiger partial charge on any atom is 0.174 e. The number of benzene rings is 1. The van der Waals surface area contributed by atoms with Crippen molar-refractivity contribution >= 4 is 27.5 Å². The van der Waals surface area contributed by atoms with E-state index in [0.717, 1.165) is 5.56 Å². The zero-order valence-corrected chi connectivity index (χ0v) is 9.10. The molecule has 0 aliphatic heterocycles. The van der Waals surface area contributed by atoms with Crippen LogP contribution in [0.2, 0.25) is 5.02 Å². The third-order valence-electron chi connectivity index (χ3n) is 1.46. The maximum atomic E-state index is 8.33.